The Hall–Kier alpha value is -2.96. The number of nitrogens with one attached hydrogen (secondary N) is 1. The van der Waals surface area contributed by atoms with E-state index in [-0.39, 0.29) is 12.3 Å². The van der Waals surface area contributed by atoms with Crippen LogP contribution >= 0.6 is 27.3 Å². The number of rotatable bonds is 5. The molecule has 0 spiro atoms. The van der Waals surface area contributed by atoms with Crippen LogP contribution in [-0.2, 0) is 16.0 Å². The molecule has 30 heavy (non-hydrogen) atoms. The summed E-state index contributed by atoms with van der Waals surface area (Å²) < 4.78 is 5.99. The van der Waals surface area contributed by atoms with Crippen molar-refractivity contribution in [1.29, 1.82) is 0 Å². The summed E-state index contributed by atoms with van der Waals surface area (Å²) in [7, 11) is 1.35. The molecule has 3 aromatic carbocycles. The summed E-state index contributed by atoms with van der Waals surface area (Å²) in [5.74, 6) is -0.660. The zero-order chi connectivity index (χ0) is 21.1. The van der Waals surface area contributed by atoms with Crippen LogP contribution in [0, 0.1) is 0 Å². The Morgan fingerprint density at radius 2 is 1.70 bits per heavy atom. The maximum atomic E-state index is 12.6. The molecule has 1 amide bonds. The number of methoxy groups -OCH3 is 1. The average molecular weight is 480 g/mol. The average Bonchev–Trinajstić information content (AvgIpc) is 3.17. The van der Waals surface area contributed by atoms with Crippen LogP contribution in [-0.4, -0.2) is 19.0 Å². The third-order valence-electron chi connectivity index (χ3n) is 4.79. The fourth-order valence-corrected chi connectivity index (χ4v) is 4.60. The number of thiophene rings is 1. The lowest BCUT2D eigenvalue weighted by Gasteiger charge is -2.10. The third-order valence-corrected chi connectivity index (χ3v) is 6.22. The van der Waals surface area contributed by atoms with Gasteiger partial charge in [-0.1, -0.05) is 70.5 Å². The number of carbonyl (C=O) groups is 2. The summed E-state index contributed by atoms with van der Waals surface area (Å²) in [5.41, 5.74) is 2.95. The van der Waals surface area contributed by atoms with E-state index in [1.54, 1.807) is 0 Å². The number of ether oxygens (including phenoxy) is 1. The lowest BCUT2D eigenvalue weighted by Crippen LogP contribution is -2.16. The third kappa shape index (κ3) is 4.15. The summed E-state index contributed by atoms with van der Waals surface area (Å²) in [6, 6.07) is 21.5. The Balaban J connectivity index is 1.69. The minimum Gasteiger partial charge on any atom is -0.465 e. The first kappa shape index (κ1) is 20.3. The standard InChI is InChI=1S/C24H18BrNO3S/c1-29-24(28)22-20(19-8-4-6-16-5-2-3-7-18(16)19)14-30-23(22)26-21(27)13-15-9-11-17(25)12-10-15/h2-12,14H,13H2,1H3,(H,26,27). The molecule has 0 unspecified atom stereocenters. The van der Waals surface area contributed by atoms with Gasteiger partial charge in [-0.25, -0.2) is 4.79 Å². The van der Waals surface area contributed by atoms with Crippen molar-refractivity contribution in [3.05, 3.63) is 87.7 Å². The minimum atomic E-state index is -0.474. The van der Waals surface area contributed by atoms with Crippen LogP contribution in [0.5, 0.6) is 0 Å². The van der Waals surface area contributed by atoms with Gasteiger partial charge in [0, 0.05) is 15.4 Å². The van der Waals surface area contributed by atoms with Crippen molar-refractivity contribution in [2.24, 2.45) is 0 Å². The van der Waals surface area contributed by atoms with Gasteiger partial charge < -0.3 is 10.1 Å². The smallest absolute Gasteiger partial charge is 0.341 e. The van der Waals surface area contributed by atoms with Crippen LogP contribution in [0.3, 0.4) is 0 Å². The molecule has 0 aliphatic carbocycles. The van der Waals surface area contributed by atoms with Crippen molar-refractivity contribution in [1.82, 2.24) is 0 Å². The molecule has 4 aromatic rings. The highest BCUT2D eigenvalue weighted by molar-refractivity contribution is 9.10. The Morgan fingerprint density at radius 1 is 0.967 bits per heavy atom. The van der Waals surface area contributed by atoms with Crippen LogP contribution in [0.2, 0.25) is 0 Å². The van der Waals surface area contributed by atoms with Gasteiger partial charge in [0.1, 0.15) is 10.6 Å². The van der Waals surface area contributed by atoms with E-state index in [1.165, 1.54) is 18.4 Å². The predicted molar refractivity (Wildman–Crippen MR) is 125 cm³/mol. The fourth-order valence-electron chi connectivity index (χ4n) is 3.37. The highest BCUT2D eigenvalue weighted by Gasteiger charge is 2.23. The Labute approximate surface area is 186 Å². The lowest BCUT2D eigenvalue weighted by atomic mass is 9.97. The van der Waals surface area contributed by atoms with E-state index in [1.807, 2.05) is 72.1 Å². The van der Waals surface area contributed by atoms with Gasteiger partial charge in [-0.15, -0.1) is 11.3 Å². The number of anilines is 1. The highest BCUT2D eigenvalue weighted by Crippen LogP contribution is 2.39. The SMILES string of the molecule is COC(=O)c1c(-c2cccc3ccccc23)csc1NC(=O)Cc1ccc(Br)cc1. The van der Waals surface area contributed by atoms with Crippen molar-refractivity contribution in [3.63, 3.8) is 0 Å². The molecule has 0 aliphatic heterocycles. The van der Waals surface area contributed by atoms with Crippen LogP contribution in [0.1, 0.15) is 15.9 Å². The number of benzene rings is 3. The molecule has 6 heteroatoms. The number of hydrogen-bond donors (Lipinski definition) is 1. The van der Waals surface area contributed by atoms with E-state index in [9.17, 15) is 9.59 Å². The van der Waals surface area contributed by atoms with Crippen LogP contribution in [0.4, 0.5) is 5.00 Å². The number of esters is 1. The number of fused-ring (bicyclic) bond motifs is 1. The first-order chi connectivity index (χ1) is 14.6. The van der Waals surface area contributed by atoms with Gasteiger partial charge in [0.2, 0.25) is 5.91 Å². The molecule has 0 fully saturated rings. The zero-order valence-electron chi connectivity index (χ0n) is 16.1. The van der Waals surface area contributed by atoms with E-state index < -0.39 is 5.97 Å². The molecule has 4 nitrogen and oxygen atoms in total. The van der Waals surface area contributed by atoms with Gasteiger partial charge in [0.25, 0.3) is 0 Å². The van der Waals surface area contributed by atoms with Gasteiger partial charge >= 0.3 is 5.97 Å². The summed E-state index contributed by atoms with van der Waals surface area (Å²) in [4.78, 5) is 25.3. The van der Waals surface area contributed by atoms with Gasteiger partial charge in [0.15, 0.2) is 0 Å². The molecular formula is C24H18BrNO3S. The normalized spacial score (nSPS) is 10.7. The largest absolute Gasteiger partial charge is 0.465 e. The Morgan fingerprint density at radius 3 is 2.47 bits per heavy atom. The van der Waals surface area contributed by atoms with Crippen molar-refractivity contribution >= 4 is 54.9 Å². The molecule has 0 bridgehead atoms. The van der Waals surface area contributed by atoms with E-state index >= 15 is 0 Å². The Bertz CT molecular complexity index is 1230. The molecule has 0 atom stereocenters. The van der Waals surface area contributed by atoms with E-state index in [0.29, 0.717) is 10.6 Å². The summed E-state index contributed by atoms with van der Waals surface area (Å²) >= 11 is 4.71. The van der Waals surface area contributed by atoms with Gasteiger partial charge in [-0.2, -0.15) is 0 Å². The fraction of sp³-hybridized carbons (Fsp3) is 0.0833. The molecule has 0 aliphatic rings. The topological polar surface area (TPSA) is 55.4 Å². The number of hydrogen-bond acceptors (Lipinski definition) is 4. The van der Waals surface area contributed by atoms with Crippen molar-refractivity contribution in [3.8, 4) is 11.1 Å². The minimum absolute atomic E-state index is 0.186. The molecular weight excluding hydrogens is 462 g/mol. The predicted octanol–water partition coefficient (Wildman–Crippen LogP) is 6.30. The molecule has 0 saturated heterocycles. The first-order valence-electron chi connectivity index (χ1n) is 9.29. The highest BCUT2D eigenvalue weighted by atomic mass is 79.9. The van der Waals surface area contributed by atoms with Crippen LogP contribution in [0.25, 0.3) is 21.9 Å². The van der Waals surface area contributed by atoms with E-state index in [0.717, 1.165) is 31.9 Å². The first-order valence-corrected chi connectivity index (χ1v) is 11.0. The monoisotopic (exact) mass is 479 g/mol. The Kier molecular flexibility index (Phi) is 5.97. The number of carbonyl (C=O) groups excluding carboxylic acids is 2. The maximum Gasteiger partial charge on any atom is 0.341 e. The molecule has 0 saturated carbocycles. The zero-order valence-corrected chi connectivity index (χ0v) is 18.5. The molecule has 4 rings (SSSR count). The van der Waals surface area contributed by atoms with Gasteiger partial charge in [-0.3, -0.25) is 4.79 Å². The van der Waals surface area contributed by atoms with Crippen molar-refractivity contribution in [2.45, 2.75) is 6.42 Å². The van der Waals surface area contributed by atoms with Crippen LogP contribution in [0.15, 0.2) is 76.6 Å². The van der Waals surface area contributed by atoms with Crippen molar-refractivity contribution in [2.75, 3.05) is 12.4 Å². The van der Waals surface area contributed by atoms with Gasteiger partial charge in [-0.05, 0) is 34.0 Å². The van der Waals surface area contributed by atoms with E-state index in [4.69, 9.17) is 4.74 Å². The quantitative estimate of drug-likeness (QED) is 0.341. The summed E-state index contributed by atoms with van der Waals surface area (Å²) in [5, 5.41) is 7.40. The molecule has 0 radical (unpaired) electrons. The van der Waals surface area contributed by atoms with Gasteiger partial charge in [0.05, 0.1) is 13.5 Å². The van der Waals surface area contributed by atoms with Crippen molar-refractivity contribution < 1.29 is 14.3 Å². The molecule has 1 N–H and O–H groups in total. The second kappa shape index (κ2) is 8.81. The molecule has 1 aromatic heterocycles. The van der Waals surface area contributed by atoms with E-state index in [2.05, 4.69) is 21.2 Å². The summed E-state index contributed by atoms with van der Waals surface area (Å²) in [6.07, 6.45) is 0.218. The molecule has 1 heterocycles. The number of halogens is 1. The lowest BCUT2D eigenvalue weighted by molar-refractivity contribution is -0.115. The second-order valence-corrected chi connectivity index (χ2v) is 8.52. The van der Waals surface area contributed by atoms with Crippen LogP contribution < -0.4 is 5.32 Å². The summed E-state index contributed by atoms with van der Waals surface area (Å²) in [6.45, 7) is 0. The molecule has 150 valence electrons. The maximum absolute atomic E-state index is 12.6. The number of amides is 1. The second-order valence-electron chi connectivity index (χ2n) is 6.72.